The Morgan fingerprint density at radius 3 is 2.71 bits per heavy atom. The van der Waals surface area contributed by atoms with Crippen molar-refractivity contribution in [2.75, 3.05) is 18.1 Å². The van der Waals surface area contributed by atoms with Crippen molar-refractivity contribution in [3.05, 3.63) is 29.8 Å². The second-order valence-electron chi connectivity index (χ2n) is 4.70. The number of anilines is 1. The third-order valence-corrected chi connectivity index (χ3v) is 3.26. The lowest BCUT2D eigenvalue weighted by Crippen LogP contribution is -2.33. The molecule has 1 aliphatic heterocycles. The van der Waals surface area contributed by atoms with E-state index in [2.05, 4.69) is 5.10 Å². The standard InChI is InChI=1S/C14H16F3N3O/c1-3-19(10(2)21)13-7-8-20(18-13)12-6-4-5-11(9-12)14(15,16)17/h4-6,9H,3,7-8H2,1-2H3. The van der Waals surface area contributed by atoms with E-state index in [9.17, 15) is 18.0 Å². The van der Waals surface area contributed by atoms with Gasteiger partial charge in [0.15, 0.2) is 0 Å². The van der Waals surface area contributed by atoms with E-state index in [4.69, 9.17) is 0 Å². The molecule has 0 aromatic heterocycles. The van der Waals surface area contributed by atoms with Crippen molar-refractivity contribution in [1.29, 1.82) is 0 Å². The van der Waals surface area contributed by atoms with Crippen LogP contribution < -0.4 is 5.01 Å². The molecule has 0 spiro atoms. The molecule has 1 aromatic carbocycles. The fourth-order valence-corrected chi connectivity index (χ4v) is 2.25. The van der Waals surface area contributed by atoms with E-state index >= 15 is 0 Å². The van der Waals surface area contributed by atoms with Crippen molar-refractivity contribution in [3.8, 4) is 0 Å². The van der Waals surface area contributed by atoms with Gasteiger partial charge < -0.3 is 0 Å². The van der Waals surface area contributed by atoms with Crippen LogP contribution in [0.1, 0.15) is 25.8 Å². The normalized spacial score (nSPS) is 15.1. The van der Waals surface area contributed by atoms with Gasteiger partial charge in [0.2, 0.25) is 5.91 Å². The Kier molecular flexibility index (Phi) is 4.20. The fraction of sp³-hybridized carbons (Fsp3) is 0.429. The van der Waals surface area contributed by atoms with Gasteiger partial charge in [-0.25, -0.2) is 0 Å². The van der Waals surface area contributed by atoms with Gasteiger partial charge in [-0.1, -0.05) is 6.07 Å². The van der Waals surface area contributed by atoms with E-state index in [0.29, 0.717) is 31.0 Å². The highest BCUT2D eigenvalue weighted by Gasteiger charge is 2.31. The molecule has 0 saturated heterocycles. The Morgan fingerprint density at radius 2 is 2.14 bits per heavy atom. The lowest BCUT2D eigenvalue weighted by atomic mass is 10.2. The summed E-state index contributed by atoms with van der Waals surface area (Å²) >= 11 is 0. The molecule has 0 bridgehead atoms. The van der Waals surface area contributed by atoms with Gasteiger partial charge in [0.1, 0.15) is 5.84 Å². The number of amides is 1. The molecule has 2 rings (SSSR count). The maximum absolute atomic E-state index is 12.7. The average molecular weight is 299 g/mol. The summed E-state index contributed by atoms with van der Waals surface area (Å²) in [6.07, 6.45) is -3.85. The van der Waals surface area contributed by atoms with Crippen molar-refractivity contribution >= 4 is 17.4 Å². The maximum atomic E-state index is 12.7. The summed E-state index contributed by atoms with van der Waals surface area (Å²) in [6, 6.07) is 5.02. The van der Waals surface area contributed by atoms with Gasteiger partial charge in [0, 0.05) is 26.4 Å². The van der Waals surface area contributed by atoms with Crippen molar-refractivity contribution in [2.45, 2.75) is 26.4 Å². The summed E-state index contributed by atoms with van der Waals surface area (Å²) in [5.41, 5.74) is -0.331. The lowest BCUT2D eigenvalue weighted by molar-refractivity contribution is -0.137. The topological polar surface area (TPSA) is 35.9 Å². The average Bonchev–Trinajstić information content (AvgIpc) is 2.88. The predicted octanol–water partition coefficient (Wildman–Crippen LogP) is 3.10. The van der Waals surface area contributed by atoms with Gasteiger partial charge in [0.05, 0.1) is 11.3 Å². The number of hydrogen-bond donors (Lipinski definition) is 0. The highest BCUT2D eigenvalue weighted by molar-refractivity contribution is 5.98. The Bertz CT molecular complexity index is 569. The van der Waals surface area contributed by atoms with Crippen LogP contribution in [-0.4, -0.2) is 29.7 Å². The molecule has 1 amide bonds. The number of carbonyl (C=O) groups excluding carboxylic acids is 1. The number of nitrogens with zero attached hydrogens (tertiary/aromatic N) is 3. The van der Waals surface area contributed by atoms with Crippen LogP contribution in [-0.2, 0) is 11.0 Å². The second-order valence-corrected chi connectivity index (χ2v) is 4.70. The zero-order chi connectivity index (χ0) is 15.6. The SMILES string of the molecule is CCN(C(C)=O)C1=NN(c2cccc(C(F)(F)F)c2)CC1. The van der Waals surface area contributed by atoms with Gasteiger partial charge in [-0.2, -0.15) is 18.3 Å². The smallest absolute Gasteiger partial charge is 0.299 e. The van der Waals surface area contributed by atoms with E-state index in [-0.39, 0.29) is 5.91 Å². The highest BCUT2D eigenvalue weighted by Crippen LogP contribution is 2.32. The zero-order valence-electron chi connectivity index (χ0n) is 11.8. The molecular formula is C14H16F3N3O. The van der Waals surface area contributed by atoms with Crippen molar-refractivity contribution in [3.63, 3.8) is 0 Å². The number of carbonyl (C=O) groups is 1. The second kappa shape index (κ2) is 5.75. The third-order valence-electron chi connectivity index (χ3n) is 3.26. The molecule has 1 heterocycles. The van der Waals surface area contributed by atoms with Crippen molar-refractivity contribution < 1.29 is 18.0 Å². The van der Waals surface area contributed by atoms with Gasteiger partial charge >= 0.3 is 6.18 Å². The van der Waals surface area contributed by atoms with Crippen LogP contribution in [0.25, 0.3) is 0 Å². The molecule has 114 valence electrons. The van der Waals surface area contributed by atoms with Gasteiger partial charge in [-0.15, -0.1) is 0 Å². The summed E-state index contributed by atoms with van der Waals surface area (Å²) in [5.74, 6) is 0.463. The number of halogens is 3. The summed E-state index contributed by atoms with van der Waals surface area (Å²) < 4.78 is 38.1. The number of hydrazone groups is 1. The largest absolute Gasteiger partial charge is 0.416 e. The van der Waals surface area contributed by atoms with E-state index in [1.54, 1.807) is 6.07 Å². The van der Waals surface area contributed by atoms with Crippen LogP contribution in [0.5, 0.6) is 0 Å². The van der Waals surface area contributed by atoms with Crippen molar-refractivity contribution in [1.82, 2.24) is 4.90 Å². The van der Waals surface area contributed by atoms with Crippen LogP contribution in [0.15, 0.2) is 29.4 Å². The first kappa shape index (κ1) is 15.3. The Balaban J connectivity index is 2.25. The maximum Gasteiger partial charge on any atom is 0.416 e. The summed E-state index contributed by atoms with van der Waals surface area (Å²) in [6.45, 7) is 4.22. The Labute approximate surface area is 120 Å². The molecule has 0 atom stereocenters. The molecular weight excluding hydrogens is 283 g/mol. The minimum absolute atomic E-state index is 0.123. The molecule has 1 aliphatic rings. The molecule has 0 saturated carbocycles. The van der Waals surface area contributed by atoms with Crippen molar-refractivity contribution in [2.24, 2.45) is 5.10 Å². The molecule has 1 aromatic rings. The first-order valence-corrected chi connectivity index (χ1v) is 6.63. The third kappa shape index (κ3) is 3.34. The molecule has 0 aliphatic carbocycles. The van der Waals surface area contributed by atoms with E-state index < -0.39 is 11.7 Å². The number of hydrogen-bond acceptors (Lipinski definition) is 3. The first-order chi connectivity index (χ1) is 9.82. The van der Waals surface area contributed by atoms with Crippen LogP contribution in [0.2, 0.25) is 0 Å². The predicted molar refractivity (Wildman–Crippen MR) is 73.9 cm³/mol. The fourth-order valence-electron chi connectivity index (χ4n) is 2.25. The van der Waals surface area contributed by atoms with Gasteiger partial charge in [0.25, 0.3) is 0 Å². The molecule has 4 nitrogen and oxygen atoms in total. The molecule has 21 heavy (non-hydrogen) atoms. The monoisotopic (exact) mass is 299 g/mol. The number of alkyl halides is 3. The molecule has 0 N–H and O–H groups in total. The van der Waals surface area contributed by atoms with E-state index in [1.807, 2.05) is 6.92 Å². The number of rotatable bonds is 2. The summed E-state index contributed by atoms with van der Waals surface area (Å²) in [7, 11) is 0. The summed E-state index contributed by atoms with van der Waals surface area (Å²) in [5, 5.41) is 5.76. The van der Waals surface area contributed by atoms with E-state index in [0.717, 1.165) is 12.1 Å². The summed E-state index contributed by atoms with van der Waals surface area (Å²) in [4.78, 5) is 13.0. The van der Waals surface area contributed by atoms with Gasteiger partial charge in [-0.05, 0) is 25.1 Å². The number of amidine groups is 1. The zero-order valence-corrected chi connectivity index (χ0v) is 11.8. The molecule has 0 unspecified atom stereocenters. The van der Waals surface area contributed by atoms with Crippen LogP contribution in [0, 0.1) is 0 Å². The quantitative estimate of drug-likeness (QED) is 0.841. The Hall–Kier alpha value is -2.05. The number of benzene rings is 1. The highest BCUT2D eigenvalue weighted by atomic mass is 19.4. The van der Waals surface area contributed by atoms with Crippen LogP contribution >= 0.6 is 0 Å². The molecule has 7 heteroatoms. The van der Waals surface area contributed by atoms with Gasteiger partial charge in [-0.3, -0.25) is 14.7 Å². The minimum Gasteiger partial charge on any atom is -0.299 e. The van der Waals surface area contributed by atoms with E-state index in [1.165, 1.54) is 22.9 Å². The van der Waals surface area contributed by atoms with Crippen LogP contribution in [0.4, 0.5) is 18.9 Å². The lowest BCUT2D eigenvalue weighted by Gasteiger charge is -2.18. The first-order valence-electron chi connectivity index (χ1n) is 6.63. The minimum atomic E-state index is -4.38. The molecule has 0 radical (unpaired) electrons. The van der Waals surface area contributed by atoms with Crippen LogP contribution in [0.3, 0.4) is 0 Å². The Morgan fingerprint density at radius 1 is 1.43 bits per heavy atom. The molecule has 0 fully saturated rings.